The van der Waals surface area contributed by atoms with Crippen LogP contribution in [0, 0.1) is 11.8 Å². The SMILES string of the molecule is O=C(O)CN(CC1CC1)C1CC(NCCC2CCCCCC2)C1. The average Bonchev–Trinajstić information content (AvgIpc) is 3.27. The highest BCUT2D eigenvalue weighted by atomic mass is 16.4. The van der Waals surface area contributed by atoms with Crippen LogP contribution in [-0.4, -0.2) is 47.7 Å². The van der Waals surface area contributed by atoms with Crippen LogP contribution in [-0.2, 0) is 4.79 Å². The van der Waals surface area contributed by atoms with Crippen molar-refractivity contribution in [2.45, 2.75) is 82.7 Å². The summed E-state index contributed by atoms with van der Waals surface area (Å²) in [6, 6.07) is 1.13. The highest BCUT2D eigenvalue weighted by molar-refractivity contribution is 5.69. The average molecular weight is 322 g/mol. The normalized spacial score (nSPS) is 29.3. The largest absolute Gasteiger partial charge is 0.480 e. The Morgan fingerprint density at radius 2 is 1.70 bits per heavy atom. The molecular formula is C19H34N2O2. The number of carboxylic acids is 1. The van der Waals surface area contributed by atoms with Gasteiger partial charge in [0, 0.05) is 18.6 Å². The summed E-state index contributed by atoms with van der Waals surface area (Å²) < 4.78 is 0. The van der Waals surface area contributed by atoms with E-state index in [4.69, 9.17) is 5.11 Å². The Kier molecular flexibility index (Phi) is 6.35. The van der Waals surface area contributed by atoms with E-state index in [1.807, 2.05) is 0 Å². The van der Waals surface area contributed by atoms with E-state index in [1.165, 1.54) is 57.8 Å². The van der Waals surface area contributed by atoms with E-state index in [9.17, 15) is 4.79 Å². The van der Waals surface area contributed by atoms with Gasteiger partial charge in [0.05, 0.1) is 6.54 Å². The molecule has 4 nitrogen and oxygen atoms in total. The highest BCUT2D eigenvalue weighted by Crippen LogP contribution is 2.34. The third-order valence-electron chi connectivity index (χ3n) is 6.12. The standard InChI is InChI=1S/C19H34N2O2/c22-19(23)14-21(13-16-7-8-16)18-11-17(12-18)20-10-9-15-5-3-1-2-4-6-15/h15-18,20H,1-14H2,(H,22,23). The van der Waals surface area contributed by atoms with E-state index in [0.717, 1.165) is 37.8 Å². The third-order valence-corrected chi connectivity index (χ3v) is 6.12. The molecule has 0 aliphatic heterocycles. The van der Waals surface area contributed by atoms with Gasteiger partial charge in [-0.15, -0.1) is 0 Å². The van der Waals surface area contributed by atoms with Gasteiger partial charge in [0.1, 0.15) is 0 Å². The number of carbonyl (C=O) groups is 1. The van der Waals surface area contributed by atoms with Crippen molar-refractivity contribution >= 4 is 5.97 Å². The lowest BCUT2D eigenvalue weighted by Crippen LogP contribution is -2.54. The summed E-state index contributed by atoms with van der Waals surface area (Å²) >= 11 is 0. The first-order chi connectivity index (χ1) is 11.2. The summed E-state index contributed by atoms with van der Waals surface area (Å²) in [5, 5.41) is 12.8. The number of carboxylic acid groups (broad SMARTS) is 1. The summed E-state index contributed by atoms with van der Waals surface area (Å²) in [5.41, 5.74) is 0. The quantitative estimate of drug-likeness (QED) is 0.640. The van der Waals surface area contributed by atoms with Gasteiger partial charge >= 0.3 is 5.97 Å². The minimum Gasteiger partial charge on any atom is -0.480 e. The van der Waals surface area contributed by atoms with Crippen molar-refractivity contribution in [3.8, 4) is 0 Å². The molecule has 0 bridgehead atoms. The monoisotopic (exact) mass is 322 g/mol. The van der Waals surface area contributed by atoms with Gasteiger partial charge in [0.15, 0.2) is 0 Å². The second-order valence-corrected chi connectivity index (χ2v) is 8.19. The predicted molar refractivity (Wildman–Crippen MR) is 92.6 cm³/mol. The fraction of sp³-hybridized carbons (Fsp3) is 0.947. The van der Waals surface area contributed by atoms with Crippen molar-refractivity contribution in [3.63, 3.8) is 0 Å². The minimum atomic E-state index is -0.671. The highest BCUT2D eigenvalue weighted by Gasteiger charge is 2.36. The zero-order chi connectivity index (χ0) is 16.1. The molecule has 0 atom stereocenters. The number of aliphatic carboxylic acids is 1. The van der Waals surface area contributed by atoms with E-state index >= 15 is 0 Å². The Morgan fingerprint density at radius 1 is 1.00 bits per heavy atom. The second-order valence-electron chi connectivity index (χ2n) is 8.19. The van der Waals surface area contributed by atoms with Crippen LogP contribution in [0.2, 0.25) is 0 Å². The van der Waals surface area contributed by atoms with Gasteiger partial charge in [-0.1, -0.05) is 38.5 Å². The summed E-state index contributed by atoms with van der Waals surface area (Å²) in [5.74, 6) is 1.05. The molecule has 23 heavy (non-hydrogen) atoms. The number of nitrogens with one attached hydrogen (secondary N) is 1. The van der Waals surface area contributed by atoms with Crippen LogP contribution in [0.5, 0.6) is 0 Å². The summed E-state index contributed by atoms with van der Waals surface area (Å²) in [4.78, 5) is 13.3. The lowest BCUT2D eigenvalue weighted by molar-refractivity contribution is -0.139. The van der Waals surface area contributed by atoms with Gasteiger partial charge in [-0.3, -0.25) is 9.69 Å². The fourth-order valence-electron chi connectivity index (χ4n) is 4.35. The van der Waals surface area contributed by atoms with Crippen LogP contribution in [0.25, 0.3) is 0 Å². The Hall–Kier alpha value is -0.610. The number of nitrogens with zero attached hydrogens (tertiary/aromatic N) is 1. The van der Waals surface area contributed by atoms with Crippen molar-refractivity contribution < 1.29 is 9.90 Å². The van der Waals surface area contributed by atoms with Gasteiger partial charge in [-0.05, 0) is 50.5 Å². The Labute approximate surface area is 141 Å². The van der Waals surface area contributed by atoms with Gasteiger partial charge in [-0.2, -0.15) is 0 Å². The van der Waals surface area contributed by atoms with Crippen LogP contribution in [0.4, 0.5) is 0 Å². The minimum absolute atomic E-state index is 0.232. The lowest BCUT2D eigenvalue weighted by Gasteiger charge is -2.43. The van der Waals surface area contributed by atoms with Gasteiger partial charge in [0.25, 0.3) is 0 Å². The molecule has 3 fully saturated rings. The number of hydrogen-bond acceptors (Lipinski definition) is 3. The topological polar surface area (TPSA) is 52.6 Å². The van der Waals surface area contributed by atoms with Crippen LogP contribution >= 0.6 is 0 Å². The molecule has 0 heterocycles. The molecule has 0 unspecified atom stereocenters. The Balaban J connectivity index is 1.30. The molecule has 0 radical (unpaired) electrons. The molecule has 4 heteroatoms. The molecule has 0 saturated heterocycles. The molecule has 3 saturated carbocycles. The Morgan fingerprint density at radius 3 is 2.30 bits per heavy atom. The number of rotatable bonds is 9. The van der Waals surface area contributed by atoms with Crippen LogP contribution in [0.1, 0.15) is 70.6 Å². The molecule has 0 aromatic rings. The van der Waals surface area contributed by atoms with Crippen molar-refractivity contribution in [2.75, 3.05) is 19.6 Å². The van der Waals surface area contributed by atoms with E-state index in [1.54, 1.807) is 0 Å². The number of hydrogen-bond donors (Lipinski definition) is 2. The van der Waals surface area contributed by atoms with E-state index in [2.05, 4.69) is 10.2 Å². The molecule has 132 valence electrons. The Bertz CT molecular complexity index is 370. The van der Waals surface area contributed by atoms with Crippen LogP contribution < -0.4 is 5.32 Å². The predicted octanol–water partition coefficient (Wildman–Crippen LogP) is 3.26. The van der Waals surface area contributed by atoms with Crippen LogP contribution in [0.15, 0.2) is 0 Å². The molecule has 3 aliphatic carbocycles. The first kappa shape index (κ1) is 17.2. The lowest BCUT2D eigenvalue weighted by atomic mass is 9.85. The maximum Gasteiger partial charge on any atom is 0.317 e. The van der Waals surface area contributed by atoms with E-state index < -0.39 is 5.97 Å². The maximum absolute atomic E-state index is 11.1. The molecule has 0 amide bonds. The molecule has 2 N–H and O–H groups in total. The fourth-order valence-corrected chi connectivity index (χ4v) is 4.35. The smallest absolute Gasteiger partial charge is 0.317 e. The first-order valence-corrected chi connectivity index (χ1v) is 9.90. The molecule has 0 aromatic heterocycles. The zero-order valence-corrected chi connectivity index (χ0v) is 14.5. The van der Waals surface area contributed by atoms with Gasteiger partial charge in [0.2, 0.25) is 0 Å². The van der Waals surface area contributed by atoms with Gasteiger partial charge in [-0.25, -0.2) is 0 Å². The summed E-state index contributed by atoms with van der Waals surface area (Å²) in [6.07, 6.45) is 14.8. The van der Waals surface area contributed by atoms with Crippen molar-refractivity contribution in [2.24, 2.45) is 11.8 Å². The molecule has 0 aromatic carbocycles. The van der Waals surface area contributed by atoms with Crippen molar-refractivity contribution in [3.05, 3.63) is 0 Å². The summed E-state index contributed by atoms with van der Waals surface area (Å²) in [6.45, 7) is 2.39. The third kappa shape index (κ3) is 5.75. The molecule has 3 rings (SSSR count). The molecular weight excluding hydrogens is 288 g/mol. The van der Waals surface area contributed by atoms with Crippen molar-refractivity contribution in [1.82, 2.24) is 10.2 Å². The van der Waals surface area contributed by atoms with Crippen LogP contribution in [0.3, 0.4) is 0 Å². The second kappa shape index (κ2) is 8.48. The zero-order valence-electron chi connectivity index (χ0n) is 14.5. The summed E-state index contributed by atoms with van der Waals surface area (Å²) in [7, 11) is 0. The maximum atomic E-state index is 11.1. The van der Waals surface area contributed by atoms with E-state index in [-0.39, 0.29) is 6.54 Å². The molecule has 3 aliphatic rings. The van der Waals surface area contributed by atoms with Gasteiger partial charge < -0.3 is 10.4 Å². The first-order valence-electron chi connectivity index (χ1n) is 9.90. The van der Waals surface area contributed by atoms with Crippen molar-refractivity contribution in [1.29, 1.82) is 0 Å². The van der Waals surface area contributed by atoms with E-state index in [0.29, 0.717) is 12.1 Å². The molecule has 0 spiro atoms.